The zero-order valence-electron chi connectivity index (χ0n) is 17.0. The van der Waals surface area contributed by atoms with Crippen LogP contribution in [-0.4, -0.2) is 29.1 Å². The van der Waals surface area contributed by atoms with E-state index in [1.54, 1.807) is 24.3 Å². The van der Waals surface area contributed by atoms with E-state index in [4.69, 9.17) is 4.74 Å². The van der Waals surface area contributed by atoms with Crippen molar-refractivity contribution in [1.82, 2.24) is 5.32 Å². The van der Waals surface area contributed by atoms with Crippen LogP contribution in [0.15, 0.2) is 48.5 Å². The molecular formula is C25H27NO4. The van der Waals surface area contributed by atoms with E-state index < -0.39 is 5.97 Å². The molecule has 30 heavy (non-hydrogen) atoms. The Morgan fingerprint density at radius 2 is 1.37 bits per heavy atom. The number of esters is 1. The first-order valence-corrected chi connectivity index (χ1v) is 10.9. The highest BCUT2D eigenvalue weighted by atomic mass is 16.5. The molecule has 0 aliphatic heterocycles. The van der Waals surface area contributed by atoms with Gasteiger partial charge in [0.15, 0.2) is 6.61 Å². The van der Waals surface area contributed by atoms with Gasteiger partial charge in [0.05, 0.1) is 5.56 Å². The maximum absolute atomic E-state index is 12.5. The van der Waals surface area contributed by atoms with Crippen molar-refractivity contribution in [2.24, 2.45) is 17.8 Å². The molecule has 2 aromatic carbocycles. The Morgan fingerprint density at radius 1 is 0.867 bits per heavy atom. The summed E-state index contributed by atoms with van der Waals surface area (Å²) in [5.74, 6) is 1.80. The summed E-state index contributed by atoms with van der Waals surface area (Å²) >= 11 is 0. The average molecular weight is 405 g/mol. The molecule has 0 spiro atoms. The third-order valence-corrected chi connectivity index (χ3v) is 7.10. The van der Waals surface area contributed by atoms with Crippen molar-refractivity contribution in [3.05, 3.63) is 54.1 Å². The predicted octanol–water partition coefficient (Wildman–Crippen LogP) is 4.30. The number of benzene rings is 2. The van der Waals surface area contributed by atoms with Gasteiger partial charge in [-0.05, 0) is 91.7 Å². The Bertz CT molecular complexity index is 913. The number of hydrogen-bond acceptors (Lipinski definition) is 4. The van der Waals surface area contributed by atoms with Gasteiger partial charge in [-0.1, -0.05) is 24.3 Å². The molecule has 2 aromatic rings. The van der Waals surface area contributed by atoms with E-state index in [2.05, 4.69) is 5.32 Å². The van der Waals surface area contributed by atoms with Crippen LogP contribution in [0.3, 0.4) is 0 Å². The lowest BCUT2D eigenvalue weighted by Gasteiger charge is -2.56. The van der Waals surface area contributed by atoms with Crippen molar-refractivity contribution >= 4 is 11.9 Å². The Balaban J connectivity index is 1.16. The minimum Gasteiger partial charge on any atom is -0.508 e. The lowest BCUT2D eigenvalue weighted by atomic mass is 9.53. The van der Waals surface area contributed by atoms with Crippen molar-refractivity contribution in [3.8, 4) is 16.9 Å². The van der Waals surface area contributed by atoms with E-state index in [-0.39, 0.29) is 23.8 Å². The molecule has 0 saturated heterocycles. The first kappa shape index (κ1) is 19.2. The zero-order valence-corrected chi connectivity index (χ0v) is 17.0. The highest BCUT2D eigenvalue weighted by Gasteiger charge is 2.51. The quantitative estimate of drug-likeness (QED) is 0.727. The maximum atomic E-state index is 12.5. The number of nitrogens with one attached hydrogen (secondary N) is 1. The molecule has 0 heterocycles. The van der Waals surface area contributed by atoms with Crippen molar-refractivity contribution in [2.75, 3.05) is 6.61 Å². The number of rotatable bonds is 5. The highest BCUT2D eigenvalue weighted by molar-refractivity contribution is 5.92. The van der Waals surface area contributed by atoms with Gasteiger partial charge in [-0.2, -0.15) is 0 Å². The first-order chi connectivity index (χ1) is 14.5. The molecule has 6 rings (SSSR count). The summed E-state index contributed by atoms with van der Waals surface area (Å²) in [5, 5.41) is 12.6. The molecule has 4 aliphatic rings. The molecule has 4 bridgehead atoms. The third-order valence-electron chi connectivity index (χ3n) is 7.10. The van der Waals surface area contributed by atoms with Gasteiger partial charge >= 0.3 is 5.97 Å². The fourth-order valence-corrected chi connectivity index (χ4v) is 6.26. The summed E-state index contributed by atoms with van der Waals surface area (Å²) in [5.41, 5.74) is 2.23. The minimum atomic E-state index is -0.493. The van der Waals surface area contributed by atoms with Crippen LogP contribution in [0.4, 0.5) is 0 Å². The second-order valence-electron chi connectivity index (χ2n) is 9.45. The summed E-state index contributed by atoms with van der Waals surface area (Å²) in [6, 6.07) is 13.9. The second-order valence-corrected chi connectivity index (χ2v) is 9.45. The van der Waals surface area contributed by atoms with E-state index in [0.29, 0.717) is 5.56 Å². The molecule has 0 radical (unpaired) electrons. The molecule has 5 heteroatoms. The molecule has 0 unspecified atom stereocenters. The van der Waals surface area contributed by atoms with E-state index >= 15 is 0 Å². The fraction of sp³-hybridized carbons (Fsp3) is 0.440. The minimum absolute atomic E-state index is 0.0655. The van der Waals surface area contributed by atoms with E-state index in [1.807, 2.05) is 24.3 Å². The van der Waals surface area contributed by atoms with Gasteiger partial charge in [-0.25, -0.2) is 4.79 Å². The Labute approximate surface area is 176 Å². The van der Waals surface area contributed by atoms with Crippen LogP contribution in [0, 0.1) is 17.8 Å². The van der Waals surface area contributed by atoms with Crippen molar-refractivity contribution in [2.45, 2.75) is 44.1 Å². The maximum Gasteiger partial charge on any atom is 0.338 e. The number of phenolic OH excluding ortho intramolecular Hbond substituents is 1. The number of amides is 1. The van der Waals surface area contributed by atoms with Crippen LogP contribution in [0.2, 0.25) is 0 Å². The second kappa shape index (κ2) is 7.46. The number of phenols is 1. The SMILES string of the molecule is O=C(COC(=O)c1ccc(-c2ccc(O)cc2)cc1)NC12CC3CC(CC(C3)C1)C2. The molecule has 156 valence electrons. The Morgan fingerprint density at radius 3 is 1.90 bits per heavy atom. The normalized spacial score (nSPS) is 28.9. The van der Waals surface area contributed by atoms with E-state index in [1.165, 1.54) is 19.3 Å². The summed E-state index contributed by atoms with van der Waals surface area (Å²) in [7, 11) is 0. The van der Waals surface area contributed by atoms with Gasteiger partial charge in [-0.15, -0.1) is 0 Å². The van der Waals surface area contributed by atoms with Crippen LogP contribution >= 0.6 is 0 Å². The molecule has 1 amide bonds. The van der Waals surface area contributed by atoms with Crippen LogP contribution in [0.25, 0.3) is 11.1 Å². The van der Waals surface area contributed by atoms with Crippen molar-refractivity contribution in [1.29, 1.82) is 0 Å². The summed E-state index contributed by atoms with van der Waals surface area (Å²) in [6.07, 6.45) is 7.21. The summed E-state index contributed by atoms with van der Waals surface area (Å²) in [4.78, 5) is 24.9. The summed E-state index contributed by atoms with van der Waals surface area (Å²) < 4.78 is 5.28. The van der Waals surface area contributed by atoms with Crippen LogP contribution < -0.4 is 5.32 Å². The van der Waals surface area contributed by atoms with Gasteiger partial charge in [0.25, 0.3) is 5.91 Å². The number of carbonyl (C=O) groups excluding carboxylic acids is 2. The van der Waals surface area contributed by atoms with Crippen molar-refractivity contribution < 1.29 is 19.4 Å². The topological polar surface area (TPSA) is 75.6 Å². The van der Waals surface area contributed by atoms with Gasteiger partial charge < -0.3 is 15.2 Å². The fourth-order valence-electron chi connectivity index (χ4n) is 6.26. The van der Waals surface area contributed by atoms with Gasteiger partial charge in [0.2, 0.25) is 0 Å². The standard InChI is InChI=1S/C25H27NO4/c27-22-7-5-20(6-8-22)19-1-3-21(4-2-19)24(29)30-15-23(28)26-25-12-16-9-17(13-25)11-18(10-16)14-25/h1-8,16-18,27H,9-15H2,(H,26,28). The van der Waals surface area contributed by atoms with E-state index in [9.17, 15) is 14.7 Å². The largest absolute Gasteiger partial charge is 0.508 e. The number of carbonyl (C=O) groups is 2. The predicted molar refractivity (Wildman–Crippen MR) is 113 cm³/mol. The lowest BCUT2D eigenvalue weighted by molar-refractivity contribution is -0.130. The average Bonchev–Trinajstić information content (AvgIpc) is 2.71. The van der Waals surface area contributed by atoms with Crippen LogP contribution in [0.1, 0.15) is 48.9 Å². The molecule has 0 atom stereocenters. The van der Waals surface area contributed by atoms with Crippen LogP contribution in [-0.2, 0) is 9.53 Å². The number of ether oxygens (including phenoxy) is 1. The Kier molecular flexibility index (Phi) is 4.76. The molecule has 2 N–H and O–H groups in total. The molecule has 4 fully saturated rings. The number of aromatic hydroxyl groups is 1. The Hall–Kier alpha value is -2.82. The van der Waals surface area contributed by atoms with E-state index in [0.717, 1.165) is 48.1 Å². The molecular weight excluding hydrogens is 378 g/mol. The highest BCUT2D eigenvalue weighted by Crippen LogP contribution is 2.55. The van der Waals surface area contributed by atoms with Crippen LogP contribution in [0.5, 0.6) is 5.75 Å². The van der Waals surface area contributed by atoms with Gasteiger partial charge in [0, 0.05) is 5.54 Å². The molecule has 0 aromatic heterocycles. The van der Waals surface area contributed by atoms with Crippen molar-refractivity contribution in [3.63, 3.8) is 0 Å². The summed E-state index contributed by atoms with van der Waals surface area (Å²) in [6.45, 7) is -0.236. The molecule has 5 nitrogen and oxygen atoms in total. The monoisotopic (exact) mass is 405 g/mol. The first-order valence-electron chi connectivity index (χ1n) is 10.9. The smallest absolute Gasteiger partial charge is 0.338 e. The number of hydrogen-bond donors (Lipinski definition) is 2. The lowest BCUT2D eigenvalue weighted by Crippen LogP contribution is -2.60. The zero-order chi connectivity index (χ0) is 20.7. The molecule has 4 aliphatic carbocycles. The third kappa shape index (κ3) is 3.81. The van der Waals surface area contributed by atoms with Gasteiger partial charge in [-0.3, -0.25) is 4.79 Å². The van der Waals surface area contributed by atoms with Gasteiger partial charge in [0.1, 0.15) is 5.75 Å². The molecule has 4 saturated carbocycles.